The summed E-state index contributed by atoms with van der Waals surface area (Å²) in [4.78, 5) is 0. The van der Waals surface area contributed by atoms with Gasteiger partial charge in [-0.2, -0.15) is 0 Å². The summed E-state index contributed by atoms with van der Waals surface area (Å²) in [5, 5.41) is 0. The summed E-state index contributed by atoms with van der Waals surface area (Å²) in [6.45, 7) is 19.0. The minimum Gasteiger partial charge on any atom is -0.497 e. The van der Waals surface area contributed by atoms with Crippen molar-refractivity contribution in [1.29, 1.82) is 0 Å². The van der Waals surface area contributed by atoms with Gasteiger partial charge in [0.25, 0.3) is 0 Å². The molecule has 0 aromatic rings. The van der Waals surface area contributed by atoms with Crippen LogP contribution in [0.25, 0.3) is 0 Å². The molecule has 1 rings (SSSR count). The zero-order valence-corrected chi connectivity index (χ0v) is 12.3. The van der Waals surface area contributed by atoms with Crippen LogP contribution in [0.1, 0.15) is 61.8 Å². The Morgan fingerprint density at radius 3 is 1.81 bits per heavy atom. The Morgan fingerprint density at radius 1 is 0.938 bits per heavy atom. The lowest BCUT2D eigenvalue weighted by Crippen LogP contribution is -2.33. The van der Waals surface area contributed by atoms with Crippen molar-refractivity contribution in [3.05, 3.63) is 11.3 Å². The molecule has 0 amide bonds. The van der Waals surface area contributed by atoms with E-state index in [1.807, 2.05) is 0 Å². The molecule has 0 bridgehead atoms. The zero-order valence-electron chi connectivity index (χ0n) is 12.3. The van der Waals surface area contributed by atoms with E-state index in [1.54, 1.807) is 0 Å². The fourth-order valence-corrected chi connectivity index (χ4v) is 2.24. The fourth-order valence-electron chi connectivity index (χ4n) is 2.24. The Morgan fingerprint density at radius 2 is 1.44 bits per heavy atom. The second kappa shape index (κ2) is 3.78. The summed E-state index contributed by atoms with van der Waals surface area (Å²) in [5.41, 5.74) is 2.10. The van der Waals surface area contributed by atoms with Gasteiger partial charge in [0, 0.05) is 10.8 Å². The lowest BCUT2D eigenvalue weighted by molar-refractivity contribution is 0.0462. The minimum absolute atomic E-state index is 0.124. The van der Waals surface area contributed by atoms with E-state index in [4.69, 9.17) is 4.74 Å². The molecule has 0 spiro atoms. The second-order valence-electron chi connectivity index (χ2n) is 7.94. The van der Waals surface area contributed by atoms with Gasteiger partial charge in [-0.15, -0.1) is 0 Å². The first-order valence-electron chi connectivity index (χ1n) is 6.30. The van der Waals surface area contributed by atoms with Gasteiger partial charge in [-0.3, -0.25) is 0 Å². The highest BCUT2D eigenvalue weighted by molar-refractivity contribution is 5.23. The van der Waals surface area contributed by atoms with Crippen LogP contribution in [0, 0.1) is 16.2 Å². The molecule has 0 saturated heterocycles. The van der Waals surface area contributed by atoms with Crippen molar-refractivity contribution in [2.75, 3.05) is 6.61 Å². The van der Waals surface area contributed by atoms with E-state index in [2.05, 4.69) is 55.4 Å². The maximum Gasteiger partial charge on any atom is 0.101 e. The first kappa shape index (κ1) is 13.6. The summed E-state index contributed by atoms with van der Waals surface area (Å²) in [7, 11) is 0. The minimum atomic E-state index is 0.124. The third-order valence-corrected chi connectivity index (χ3v) is 3.12. The standard InChI is InChI=1S/C15H28O/c1-13(2,3)11-9-15(7,8)10-16-12(11)14(4,5)6/h9-10H2,1-8H3. The average molecular weight is 224 g/mol. The van der Waals surface area contributed by atoms with Gasteiger partial charge in [0.15, 0.2) is 0 Å². The molecule has 1 heterocycles. The van der Waals surface area contributed by atoms with Gasteiger partial charge in [0.05, 0.1) is 6.61 Å². The second-order valence-corrected chi connectivity index (χ2v) is 7.94. The predicted molar refractivity (Wildman–Crippen MR) is 70.3 cm³/mol. The number of hydrogen-bond donors (Lipinski definition) is 0. The SMILES string of the molecule is CC1(C)COC(C(C)(C)C)=C(C(C)(C)C)C1. The van der Waals surface area contributed by atoms with Crippen LogP contribution in [0.5, 0.6) is 0 Å². The molecule has 0 radical (unpaired) electrons. The Bertz CT molecular complexity index is 294. The fraction of sp³-hybridized carbons (Fsp3) is 0.867. The quantitative estimate of drug-likeness (QED) is 0.575. The van der Waals surface area contributed by atoms with Crippen molar-refractivity contribution < 1.29 is 4.74 Å². The van der Waals surface area contributed by atoms with E-state index in [0.717, 1.165) is 13.0 Å². The van der Waals surface area contributed by atoms with Gasteiger partial charge in [0.2, 0.25) is 0 Å². The van der Waals surface area contributed by atoms with Crippen LogP contribution in [-0.2, 0) is 4.74 Å². The van der Waals surface area contributed by atoms with Crippen molar-refractivity contribution in [2.24, 2.45) is 16.2 Å². The molecule has 0 aromatic carbocycles. The van der Waals surface area contributed by atoms with Gasteiger partial charge < -0.3 is 4.74 Å². The van der Waals surface area contributed by atoms with Gasteiger partial charge >= 0.3 is 0 Å². The summed E-state index contributed by atoms with van der Waals surface area (Å²) in [5.74, 6) is 1.22. The van der Waals surface area contributed by atoms with Crippen LogP contribution in [0.2, 0.25) is 0 Å². The third kappa shape index (κ3) is 3.02. The van der Waals surface area contributed by atoms with E-state index in [-0.39, 0.29) is 16.2 Å². The maximum absolute atomic E-state index is 6.08. The lowest BCUT2D eigenvalue weighted by atomic mass is 9.71. The smallest absolute Gasteiger partial charge is 0.101 e. The van der Waals surface area contributed by atoms with E-state index in [9.17, 15) is 0 Å². The molecular weight excluding hydrogens is 196 g/mol. The molecule has 1 aliphatic rings. The van der Waals surface area contributed by atoms with Gasteiger partial charge in [-0.25, -0.2) is 0 Å². The van der Waals surface area contributed by atoms with Gasteiger partial charge in [0.1, 0.15) is 5.76 Å². The molecule has 0 N–H and O–H groups in total. The van der Waals surface area contributed by atoms with Crippen LogP contribution in [0.4, 0.5) is 0 Å². The Labute approximate surface area is 101 Å². The number of ether oxygens (including phenoxy) is 1. The van der Waals surface area contributed by atoms with Crippen LogP contribution in [0.15, 0.2) is 11.3 Å². The Kier molecular flexibility index (Phi) is 3.22. The molecule has 16 heavy (non-hydrogen) atoms. The van der Waals surface area contributed by atoms with Gasteiger partial charge in [-0.05, 0) is 17.4 Å². The van der Waals surface area contributed by atoms with Gasteiger partial charge in [-0.1, -0.05) is 55.4 Å². The van der Waals surface area contributed by atoms with Crippen LogP contribution in [0.3, 0.4) is 0 Å². The normalized spacial score (nSPS) is 22.0. The van der Waals surface area contributed by atoms with E-state index in [1.165, 1.54) is 11.3 Å². The first-order chi connectivity index (χ1) is 6.93. The summed E-state index contributed by atoms with van der Waals surface area (Å²) in [6.07, 6.45) is 1.16. The zero-order chi connectivity index (χ0) is 12.8. The number of allylic oxidation sites excluding steroid dienone is 2. The van der Waals surface area contributed by atoms with Crippen molar-refractivity contribution in [3.8, 4) is 0 Å². The first-order valence-corrected chi connectivity index (χ1v) is 6.30. The van der Waals surface area contributed by atoms with Crippen LogP contribution in [-0.4, -0.2) is 6.61 Å². The molecule has 1 aliphatic heterocycles. The van der Waals surface area contributed by atoms with E-state index < -0.39 is 0 Å². The van der Waals surface area contributed by atoms with E-state index in [0.29, 0.717) is 0 Å². The summed E-state index contributed by atoms with van der Waals surface area (Å²) >= 11 is 0. The third-order valence-electron chi connectivity index (χ3n) is 3.12. The molecule has 0 saturated carbocycles. The van der Waals surface area contributed by atoms with Crippen molar-refractivity contribution in [1.82, 2.24) is 0 Å². The highest BCUT2D eigenvalue weighted by Crippen LogP contribution is 2.46. The molecule has 0 fully saturated rings. The molecule has 94 valence electrons. The van der Waals surface area contributed by atoms with Crippen molar-refractivity contribution >= 4 is 0 Å². The average Bonchev–Trinajstić information content (AvgIpc) is 1.97. The molecule has 0 aliphatic carbocycles. The summed E-state index contributed by atoms with van der Waals surface area (Å²) in [6, 6.07) is 0. The molecule has 0 aromatic heterocycles. The molecule has 1 nitrogen and oxygen atoms in total. The van der Waals surface area contributed by atoms with Crippen LogP contribution < -0.4 is 0 Å². The number of rotatable bonds is 0. The highest BCUT2D eigenvalue weighted by Gasteiger charge is 2.37. The monoisotopic (exact) mass is 224 g/mol. The highest BCUT2D eigenvalue weighted by atomic mass is 16.5. The molecular formula is C15H28O. The summed E-state index contributed by atoms with van der Waals surface area (Å²) < 4.78 is 6.08. The number of hydrogen-bond acceptors (Lipinski definition) is 1. The topological polar surface area (TPSA) is 9.23 Å². The lowest BCUT2D eigenvalue weighted by Gasteiger charge is -2.42. The Balaban J connectivity index is 3.21. The Hall–Kier alpha value is -0.460. The maximum atomic E-state index is 6.08. The molecule has 1 heteroatoms. The molecule has 0 atom stereocenters. The molecule has 0 unspecified atom stereocenters. The van der Waals surface area contributed by atoms with E-state index >= 15 is 0 Å². The van der Waals surface area contributed by atoms with Crippen molar-refractivity contribution in [2.45, 2.75) is 61.8 Å². The largest absolute Gasteiger partial charge is 0.497 e. The van der Waals surface area contributed by atoms with Crippen LogP contribution >= 0.6 is 0 Å². The van der Waals surface area contributed by atoms with Crippen molar-refractivity contribution in [3.63, 3.8) is 0 Å². The predicted octanol–water partition coefficient (Wildman–Crippen LogP) is 4.78.